The van der Waals surface area contributed by atoms with Crippen LogP contribution in [-0.4, -0.2) is 18.3 Å². The maximum atomic E-state index is 13.3. The number of benzene rings is 2. The third-order valence-corrected chi connectivity index (χ3v) is 6.22. The first-order valence-electron chi connectivity index (χ1n) is 9.77. The topological polar surface area (TPSA) is 46.6 Å². The molecule has 1 atom stereocenters. The molecule has 2 aromatic rings. The fraction of sp³-hybridized carbons (Fsp3) is 0.304. The van der Waals surface area contributed by atoms with Crippen molar-refractivity contribution < 1.29 is 14.3 Å². The van der Waals surface area contributed by atoms with Crippen molar-refractivity contribution in [2.24, 2.45) is 0 Å². The second-order valence-electron chi connectivity index (χ2n) is 7.19. The third-order valence-electron chi connectivity index (χ3n) is 5.42. The minimum absolute atomic E-state index is 0.0565. The molecule has 2 aromatic carbocycles. The second-order valence-corrected chi connectivity index (χ2v) is 8.51. The van der Waals surface area contributed by atoms with E-state index < -0.39 is 0 Å². The lowest BCUT2D eigenvalue weighted by Gasteiger charge is -2.39. The highest BCUT2D eigenvalue weighted by Gasteiger charge is 2.41. The van der Waals surface area contributed by atoms with E-state index in [9.17, 15) is 9.59 Å². The number of hydrogen-bond donors (Lipinski definition) is 0. The zero-order chi connectivity index (χ0) is 20.5. The Morgan fingerprint density at radius 3 is 2.72 bits per heavy atom. The second kappa shape index (κ2) is 8.33. The molecule has 0 bridgehead atoms. The lowest BCUT2D eigenvalue weighted by Crippen LogP contribution is -2.40. The van der Waals surface area contributed by atoms with Crippen LogP contribution in [0.4, 0.5) is 5.69 Å². The summed E-state index contributed by atoms with van der Waals surface area (Å²) in [5.41, 5.74) is 3.02. The number of rotatable bonds is 4. The van der Waals surface area contributed by atoms with E-state index in [1.807, 2.05) is 43.3 Å². The molecule has 4 rings (SSSR count). The summed E-state index contributed by atoms with van der Waals surface area (Å²) in [6.07, 6.45) is 2.12. The van der Waals surface area contributed by atoms with E-state index in [2.05, 4.69) is 15.9 Å². The van der Waals surface area contributed by atoms with Gasteiger partial charge in [-0.2, -0.15) is 0 Å². The Balaban J connectivity index is 1.88. The van der Waals surface area contributed by atoms with E-state index in [1.54, 1.807) is 11.0 Å². The summed E-state index contributed by atoms with van der Waals surface area (Å²) in [5.74, 6) is 0.485. The summed E-state index contributed by atoms with van der Waals surface area (Å²) in [4.78, 5) is 28.0. The van der Waals surface area contributed by atoms with Gasteiger partial charge in [-0.1, -0.05) is 45.7 Å². The molecule has 29 heavy (non-hydrogen) atoms. The molecule has 1 amide bonds. The van der Waals surface area contributed by atoms with Gasteiger partial charge in [0.25, 0.3) is 0 Å². The zero-order valence-corrected chi connectivity index (χ0v) is 18.4. The summed E-state index contributed by atoms with van der Waals surface area (Å²) in [5, 5.41) is 0.478. The van der Waals surface area contributed by atoms with Gasteiger partial charge in [0.15, 0.2) is 5.78 Å². The largest absolute Gasteiger partial charge is 0.494 e. The van der Waals surface area contributed by atoms with Gasteiger partial charge in [0.1, 0.15) is 5.75 Å². The predicted octanol–water partition coefficient (Wildman–Crippen LogP) is 6.03. The van der Waals surface area contributed by atoms with Gasteiger partial charge in [-0.05, 0) is 44.0 Å². The van der Waals surface area contributed by atoms with Gasteiger partial charge in [0.05, 0.1) is 17.3 Å². The minimum atomic E-state index is -0.293. The molecular weight excluding hydrogens is 454 g/mol. The standard InChI is InChI=1S/C23H21BrClNO3/c1-2-29-21-9-4-3-6-15(21)16-13-22(28)26(18-11-10-14(24)12-17(18)25)19-7-5-8-20(27)23(16)19/h3-4,6,9-12,16H,2,5,7-8,13H2,1H3. The molecular formula is C23H21BrClNO3. The predicted molar refractivity (Wildman–Crippen MR) is 117 cm³/mol. The Bertz CT molecular complexity index is 1020. The summed E-state index contributed by atoms with van der Waals surface area (Å²) in [7, 11) is 0. The van der Waals surface area contributed by atoms with Crippen LogP contribution < -0.4 is 9.64 Å². The van der Waals surface area contributed by atoms with Crippen LogP contribution >= 0.6 is 27.5 Å². The van der Waals surface area contributed by atoms with Crippen LogP contribution in [0.25, 0.3) is 0 Å². The van der Waals surface area contributed by atoms with Crippen molar-refractivity contribution in [3.05, 3.63) is 68.8 Å². The van der Waals surface area contributed by atoms with Crippen molar-refractivity contribution >= 4 is 44.9 Å². The minimum Gasteiger partial charge on any atom is -0.494 e. The molecule has 2 aliphatic rings. The number of allylic oxidation sites excluding steroid dienone is 2. The summed E-state index contributed by atoms with van der Waals surface area (Å²) >= 11 is 9.87. The van der Waals surface area contributed by atoms with Gasteiger partial charge in [-0.25, -0.2) is 0 Å². The third kappa shape index (κ3) is 3.74. The van der Waals surface area contributed by atoms with Gasteiger partial charge in [-0.3, -0.25) is 14.5 Å². The number of carbonyl (C=O) groups is 2. The van der Waals surface area contributed by atoms with E-state index in [0.717, 1.165) is 33.5 Å². The maximum Gasteiger partial charge on any atom is 0.232 e. The number of halogens is 2. The Morgan fingerprint density at radius 2 is 1.97 bits per heavy atom. The first-order valence-corrected chi connectivity index (χ1v) is 10.9. The van der Waals surface area contributed by atoms with Crippen molar-refractivity contribution in [3.8, 4) is 5.75 Å². The fourth-order valence-corrected chi connectivity index (χ4v) is 5.01. The van der Waals surface area contributed by atoms with Gasteiger partial charge < -0.3 is 4.74 Å². The molecule has 0 saturated carbocycles. The number of Topliss-reactive ketones (excluding diaryl/α,β-unsaturated/α-hetero) is 1. The SMILES string of the molecule is CCOc1ccccc1C1CC(=O)N(c2ccc(Br)cc2Cl)C2=C1C(=O)CCC2. The molecule has 1 unspecified atom stereocenters. The first-order chi connectivity index (χ1) is 14.0. The van der Waals surface area contributed by atoms with Crippen LogP contribution in [-0.2, 0) is 9.59 Å². The van der Waals surface area contributed by atoms with Crippen molar-refractivity contribution in [3.63, 3.8) is 0 Å². The number of amides is 1. The first kappa shape index (κ1) is 20.2. The number of anilines is 1. The van der Waals surface area contributed by atoms with E-state index in [-0.39, 0.29) is 24.0 Å². The summed E-state index contributed by atoms with van der Waals surface area (Å²) < 4.78 is 6.64. The molecule has 0 aromatic heterocycles. The molecule has 1 heterocycles. The Kier molecular flexibility index (Phi) is 5.79. The smallest absolute Gasteiger partial charge is 0.232 e. The molecule has 0 fully saturated rings. The van der Waals surface area contributed by atoms with E-state index in [0.29, 0.717) is 30.2 Å². The average molecular weight is 475 g/mol. The number of ether oxygens (including phenoxy) is 1. The Morgan fingerprint density at radius 1 is 1.17 bits per heavy atom. The average Bonchev–Trinajstić information content (AvgIpc) is 2.69. The van der Waals surface area contributed by atoms with Crippen LogP contribution in [0.5, 0.6) is 5.75 Å². The van der Waals surface area contributed by atoms with Gasteiger partial charge in [0, 0.05) is 40.1 Å². The van der Waals surface area contributed by atoms with Crippen LogP contribution in [0.3, 0.4) is 0 Å². The zero-order valence-electron chi connectivity index (χ0n) is 16.1. The lowest BCUT2D eigenvalue weighted by atomic mass is 9.77. The van der Waals surface area contributed by atoms with Crippen LogP contribution in [0.1, 0.15) is 44.1 Å². The lowest BCUT2D eigenvalue weighted by molar-refractivity contribution is -0.119. The quantitative estimate of drug-likeness (QED) is 0.543. The number of ketones is 1. The van der Waals surface area contributed by atoms with Crippen molar-refractivity contribution in [1.29, 1.82) is 0 Å². The van der Waals surface area contributed by atoms with Crippen LogP contribution in [0, 0.1) is 0 Å². The van der Waals surface area contributed by atoms with E-state index in [1.165, 1.54) is 0 Å². The molecule has 0 radical (unpaired) electrons. The number of carbonyl (C=O) groups excluding carboxylic acids is 2. The van der Waals surface area contributed by atoms with Gasteiger partial charge in [-0.15, -0.1) is 0 Å². The van der Waals surface area contributed by atoms with Gasteiger partial charge in [0.2, 0.25) is 5.91 Å². The molecule has 0 spiro atoms. The molecule has 0 saturated heterocycles. The molecule has 1 aliphatic heterocycles. The molecule has 150 valence electrons. The van der Waals surface area contributed by atoms with Crippen LogP contribution in [0.2, 0.25) is 5.02 Å². The molecule has 6 heteroatoms. The highest BCUT2D eigenvalue weighted by atomic mass is 79.9. The van der Waals surface area contributed by atoms with E-state index >= 15 is 0 Å². The summed E-state index contributed by atoms with van der Waals surface area (Å²) in [6.45, 7) is 2.45. The highest BCUT2D eigenvalue weighted by molar-refractivity contribution is 9.10. The highest BCUT2D eigenvalue weighted by Crippen LogP contribution is 2.46. The van der Waals surface area contributed by atoms with E-state index in [4.69, 9.17) is 16.3 Å². The fourth-order valence-electron chi connectivity index (χ4n) is 4.26. The molecule has 0 N–H and O–H groups in total. The summed E-state index contributed by atoms with van der Waals surface area (Å²) in [6, 6.07) is 13.1. The Labute approximate surface area is 183 Å². The number of para-hydroxylation sites is 1. The monoisotopic (exact) mass is 473 g/mol. The number of hydrogen-bond acceptors (Lipinski definition) is 3. The maximum absolute atomic E-state index is 13.3. The number of nitrogens with zero attached hydrogens (tertiary/aromatic N) is 1. The van der Waals surface area contributed by atoms with Gasteiger partial charge >= 0.3 is 0 Å². The van der Waals surface area contributed by atoms with Crippen molar-refractivity contribution in [2.45, 2.75) is 38.5 Å². The normalized spacial score (nSPS) is 19.4. The molecule has 4 nitrogen and oxygen atoms in total. The molecule has 1 aliphatic carbocycles. The van der Waals surface area contributed by atoms with Crippen molar-refractivity contribution in [1.82, 2.24) is 0 Å². The van der Waals surface area contributed by atoms with Crippen LogP contribution in [0.15, 0.2) is 58.2 Å². The Hall–Kier alpha value is -2.11. The van der Waals surface area contributed by atoms with Crippen molar-refractivity contribution in [2.75, 3.05) is 11.5 Å².